The van der Waals surface area contributed by atoms with Gasteiger partial charge in [0.05, 0.1) is 17.6 Å². The lowest BCUT2D eigenvalue weighted by Crippen LogP contribution is -2.36. The van der Waals surface area contributed by atoms with Gasteiger partial charge in [0.25, 0.3) is 0 Å². The predicted octanol–water partition coefficient (Wildman–Crippen LogP) is 0.973. The molecule has 120 valence electrons. The van der Waals surface area contributed by atoms with E-state index in [1.807, 2.05) is 0 Å². The molecule has 1 aromatic carbocycles. The van der Waals surface area contributed by atoms with E-state index in [0.717, 1.165) is 9.99 Å². The summed E-state index contributed by atoms with van der Waals surface area (Å²) in [7, 11) is 1.06. The molecule has 21 heavy (non-hydrogen) atoms. The monoisotopic (exact) mass is 316 g/mol. The maximum absolute atomic E-state index is 12.7. The SMILES string of the molecule is CNc1cc(C)c(S(=O)(=O)N(C)CC(O)COC)c(C)c1. The van der Waals surface area contributed by atoms with Crippen LogP contribution < -0.4 is 5.32 Å². The molecule has 0 saturated heterocycles. The Kier molecular flexibility index (Phi) is 6.15. The summed E-state index contributed by atoms with van der Waals surface area (Å²) in [4.78, 5) is 0.286. The molecule has 1 atom stereocenters. The van der Waals surface area contributed by atoms with Gasteiger partial charge in [0.1, 0.15) is 0 Å². The minimum atomic E-state index is -3.65. The molecule has 0 saturated carbocycles. The number of nitrogens with one attached hydrogen (secondary N) is 1. The van der Waals surface area contributed by atoms with E-state index < -0.39 is 16.1 Å². The highest BCUT2D eigenvalue weighted by atomic mass is 32.2. The molecule has 0 fully saturated rings. The van der Waals surface area contributed by atoms with Crippen molar-refractivity contribution >= 4 is 15.7 Å². The molecule has 1 unspecified atom stereocenters. The molecule has 1 aromatic rings. The van der Waals surface area contributed by atoms with Gasteiger partial charge in [-0.25, -0.2) is 8.42 Å². The van der Waals surface area contributed by atoms with Crippen molar-refractivity contribution in [2.75, 3.05) is 39.7 Å². The summed E-state index contributed by atoms with van der Waals surface area (Å²) in [6, 6.07) is 3.58. The zero-order valence-electron chi connectivity index (χ0n) is 13.2. The fraction of sp³-hybridized carbons (Fsp3) is 0.571. The Labute approximate surface area is 126 Å². The van der Waals surface area contributed by atoms with E-state index in [4.69, 9.17) is 4.74 Å². The lowest BCUT2D eigenvalue weighted by molar-refractivity contribution is 0.0554. The van der Waals surface area contributed by atoms with Crippen LogP contribution >= 0.6 is 0 Å². The van der Waals surface area contributed by atoms with Crippen molar-refractivity contribution in [3.63, 3.8) is 0 Å². The van der Waals surface area contributed by atoms with Gasteiger partial charge in [-0.1, -0.05) is 0 Å². The topological polar surface area (TPSA) is 78.9 Å². The van der Waals surface area contributed by atoms with E-state index in [9.17, 15) is 13.5 Å². The van der Waals surface area contributed by atoms with Crippen LogP contribution in [0.4, 0.5) is 5.69 Å². The molecule has 7 heteroatoms. The predicted molar refractivity (Wildman–Crippen MR) is 83.2 cm³/mol. The normalized spacial score (nSPS) is 13.5. The van der Waals surface area contributed by atoms with Gasteiger partial charge in [0.2, 0.25) is 10.0 Å². The van der Waals surface area contributed by atoms with Crippen molar-refractivity contribution in [2.24, 2.45) is 0 Å². The third-order valence-electron chi connectivity index (χ3n) is 3.24. The van der Waals surface area contributed by atoms with Crippen LogP contribution in [0.2, 0.25) is 0 Å². The van der Waals surface area contributed by atoms with Crippen LogP contribution in [-0.2, 0) is 14.8 Å². The quantitative estimate of drug-likeness (QED) is 0.784. The molecular formula is C14H24N2O4S. The number of sulfonamides is 1. The Balaban J connectivity index is 3.13. The van der Waals surface area contributed by atoms with E-state index in [1.165, 1.54) is 14.2 Å². The lowest BCUT2D eigenvalue weighted by atomic mass is 10.1. The van der Waals surface area contributed by atoms with Crippen molar-refractivity contribution in [2.45, 2.75) is 24.8 Å². The standard InChI is InChI=1S/C14H24N2O4S/c1-10-6-12(15-3)7-11(2)14(10)21(18,19)16(4)8-13(17)9-20-5/h6-7,13,15,17H,8-9H2,1-5H3. The number of nitrogens with zero attached hydrogens (tertiary/aromatic N) is 1. The van der Waals surface area contributed by atoms with Gasteiger partial charge in [-0.15, -0.1) is 0 Å². The van der Waals surface area contributed by atoms with Crippen molar-refractivity contribution in [3.05, 3.63) is 23.3 Å². The number of aliphatic hydroxyl groups excluding tert-OH is 1. The highest BCUT2D eigenvalue weighted by Crippen LogP contribution is 2.26. The number of aliphatic hydroxyl groups is 1. The van der Waals surface area contributed by atoms with Gasteiger partial charge >= 0.3 is 0 Å². The number of benzene rings is 1. The molecule has 0 heterocycles. The van der Waals surface area contributed by atoms with Gasteiger partial charge < -0.3 is 15.2 Å². The second-order valence-electron chi connectivity index (χ2n) is 5.08. The third kappa shape index (κ3) is 4.16. The number of ether oxygens (including phenoxy) is 1. The number of aryl methyl sites for hydroxylation is 2. The minimum Gasteiger partial charge on any atom is -0.389 e. The van der Waals surface area contributed by atoms with Crippen LogP contribution in [0.25, 0.3) is 0 Å². The second kappa shape index (κ2) is 7.22. The van der Waals surface area contributed by atoms with E-state index in [-0.39, 0.29) is 18.0 Å². The summed E-state index contributed by atoms with van der Waals surface area (Å²) in [6.45, 7) is 3.61. The fourth-order valence-corrected chi connectivity index (χ4v) is 3.91. The zero-order valence-corrected chi connectivity index (χ0v) is 14.0. The Morgan fingerprint density at radius 1 is 1.33 bits per heavy atom. The zero-order chi connectivity index (χ0) is 16.2. The Bertz CT molecular complexity index is 564. The fourth-order valence-electron chi connectivity index (χ4n) is 2.30. The number of rotatable bonds is 7. The van der Waals surface area contributed by atoms with E-state index in [0.29, 0.717) is 11.1 Å². The molecule has 0 amide bonds. The number of hydrogen-bond acceptors (Lipinski definition) is 5. The largest absolute Gasteiger partial charge is 0.389 e. The number of hydrogen-bond donors (Lipinski definition) is 2. The van der Waals surface area contributed by atoms with Gasteiger partial charge in [-0.05, 0) is 37.1 Å². The highest BCUT2D eigenvalue weighted by Gasteiger charge is 2.26. The van der Waals surface area contributed by atoms with Crippen LogP contribution in [-0.4, -0.2) is 58.3 Å². The first-order chi connectivity index (χ1) is 9.73. The molecule has 0 aromatic heterocycles. The molecule has 0 aliphatic carbocycles. The van der Waals surface area contributed by atoms with E-state index in [1.54, 1.807) is 33.0 Å². The average molecular weight is 316 g/mol. The smallest absolute Gasteiger partial charge is 0.243 e. The van der Waals surface area contributed by atoms with Gasteiger partial charge in [-0.3, -0.25) is 0 Å². The second-order valence-corrected chi connectivity index (χ2v) is 7.07. The third-order valence-corrected chi connectivity index (χ3v) is 5.37. The molecular weight excluding hydrogens is 292 g/mol. The van der Waals surface area contributed by atoms with Crippen molar-refractivity contribution in [1.82, 2.24) is 4.31 Å². The highest BCUT2D eigenvalue weighted by molar-refractivity contribution is 7.89. The molecule has 0 aliphatic heterocycles. The molecule has 1 rings (SSSR count). The van der Waals surface area contributed by atoms with Crippen molar-refractivity contribution < 1.29 is 18.3 Å². The lowest BCUT2D eigenvalue weighted by Gasteiger charge is -2.22. The van der Waals surface area contributed by atoms with Gasteiger partial charge in [-0.2, -0.15) is 4.31 Å². The molecule has 6 nitrogen and oxygen atoms in total. The number of methoxy groups -OCH3 is 1. The average Bonchev–Trinajstić information content (AvgIpc) is 2.37. The molecule has 0 radical (unpaired) electrons. The van der Waals surface area contributed by atoms with E-state index in [2.05, 4.69) is 5.32 Å². The van der Waals surface area contributed by atoms with Gasteiger partial charge in [0, 0.05) is 33.4 Å². The first-order valence-electron chi connectivity index (χ1n) is 6.66. The van der Waals surface area contributed by atoms with Crippen LogP contribution in [0.5, 0.6) is 0 Å². The minimum absolute atomic E-state index is 0.0111. The number of likely N-dealkylation sites (N-methyl/N-ethyl adjacent to an activating group) is 1. The van der Waals surface area contributed by atoms with Crippen molar-refractivity contribution in [3.8, 4) is 0 Å². The van der Waals surface area contributed by atoms with E-state index >= 15 is 0 Å². The van der Waals surface area contributed by atoms with Crippen LogP contribution in [0.3, 0.4) is 0 Å². The summed E-state index contributed by atoms with van der Waals surface area (Å²) in [5.41, 5.74) is 2.21. The summed E-state index contributed by atoms with van der Waals surface area (Å²) in [6.07, 6.45) is -0.855. The first kappa shape index (κ1) is 17.9. The Morgan fingerprint density at radius 3 is 2.29 bits per heavy atom. The van der Waals surface area contributed by atoms with Crippen molar-refractivity contribution in [1.29, 1.82) is 0 Å². The maximum Gasteiger partial charge on any atom is 0.243 e. The van der Waals surface area contributed by atoms with Crippen LogP contribution in [0, 0.1) is 13.8 Å². The Morgan fingerprint density at radius 2 is 1.86 bits per heavy atom. The van der Waals surface area contributed by atoms with Gasteiger partial charge in [0.15, 0.2) is 0 Å². The Hall–Kier alpha value is -1.15. The summed E-state index contributed by atoms with van der Waals surface area (Å²) in [5.74, 6) is 0. The maximum atomic E-state index is 12.7. The number of anilines is 1. The summed E-state index contributed by atoms with van der Waals surface area (Å²) < 4.78 is 31.3. The summed E-state index contributed by atoms with van der Waals surface area (Å²) >= 11 is 0. The molecule has 0 aliphatic rings. The first-order valence-corrected chi connectivity index (χ1v) is 8.10. The molecule has 2 N–H and O–H groups in total. The van der Waals surface area contributed by atoms with Crippen LogP contribution in [0.1, 0.15) is 11.1 Å². The van der Waals surface area contributed by atoms with Crippen LogP contribution in [0.15, 0.2) is 17.0 Å². The molecule has 0 bridgehead atoms. The summed E-state index contributed by atoms with van der Waals surface area (Å²) in [5, 5.41) is 12.7. The molecule has 0 spiro atoms.